The lowest BCUT2D eigenvalue weighted by molar-refractivity contribution is -0.122. The molecule has 1 N–H and O–H groups in total. The molecule has 1 saturated carbocycles. The van der Waals surface area contributed by atoms with E-state index < -0.39 is 5.92 Å². The highest BCUT2D eigenvalue weighted by Crippen LogP contribution is 2.29. The smallest absolute Gasteiger partial charge is 0.243 e. The number of nitriles is 1. The van der Waals surface area contributed by atoms with Gasteiger partial charge < -0.3 is 10.2 Å². The van der Waals surface area contributed by atoms with Crippen LogP contribution in [0.5, 0.6) is 0 Å². The lowest BCUT2D eigenvalue weighted by Gasteiger charge is -2.27. The van der Waals surface area contributed by atoms with Crippen molar-refractivity contribution < 1.29 is 4.79 Å². The van der Waals surface area contributed by atoms with E-state index >= 15 is 0 Å². The number of benzene rings is 1. The van der Waals surface area contributed by atoms with E-state index in [-0.39, 0.29) is 11.9 Å². The van der Waals surface area contributed by atoms with Crippen LogP contribution in [0.3, 0.4) is 0 Å². The third-order valence-corrected chi connectivity index (χ3v) is 6.10. The number of carbonyl (C=O) groups excluding carboxylic acids is 1. The largest absolute Gasteiger partial charge is 0.355 e. The minimum Gasteiger partial charge on any atom is -0.355 e. The lowest BCUT2D eigenvalue weighted by Crippen LogP contribution is -2.39. The molecule has 6 nitrogen and oxygen atoms in total. The van der Waals surface area contributed by atoms with Crippen molar-refractivity contribution in [1.29, 1.82) is 5.26 Å². The molecule has 1 amide bonds. The van der Waals surface area contributed by atoms with Gasteiger partial charge in [0.15, 0.2) is 11.7 Å². The average Bonchev–Trinajstić information content (AvgIpc) is 3.04. The van der Waals surface area contributed by atoms with Gasteiger partial charge >= 0.3 is 0 Å². The van der Waals surface area contributed by atoms with Gasteiger partial charge in [-0.1, -0.05) is 44.2 Å². The van der Waals surface area contributed by atoms with Crippen molar-refractivity contribution in [3.63, 3.8) is 0 Å². The third-order valence-electron chi connectivity index (χ3n) is 6.10. The zero-order valence-electron chi connectivity index (χ0n) is 16.9. The van der Waals surface area contributed by atoms with Gasteiger partial charge in [0.25, 0.3) is 0 Å². The first kappa shape index (κ1) is 19.6. The molecule has 1 aliphatic carbocycles. The van der Waals surface area contributed by atoms with Gasteiger partial charge in [-0.15, -0.1) is 0 Å². The number of para-hydroxylation sites is 2. The van der Waals surface area contributed by atoms with Gasteiger partial charge in [-0.2, -0.15) is 5.26 Å². The van der Waals surface area contributed by atoms with E-state index in [0.29, 0.717) is 11.5 Å². The van der Waals surface area contributed by atoms with E-state index in [0.717, 1.165) is 62.6 Å². The zero-order valence-corrected chi connectivity index (χ0v) is 16.9. The lowest BCUT2D eigenvalue weighted by atomic mass is 9.94. The predicted octanol–water partition coefficient (Wildman–Crippen LogP) is 4.07. The third kappa shape index (κ3) is 4.50. The summed E-state index contributed by atoms with van der Waals surface area (Å²) in [5.74, 6) is -0.469. The minimum atomic E-state index is -0.938. The van der Waals surface area contributed by atoms with Crippen molar-refractivity contribution in [2.45, 2.75) is 69.7 Å². The van der Waals surface area contributed by atoms with Gasteiger partial charge in [-0.25, -0.2) is 9.97 Å². The molecule has 1 aliphatic heterocycles. The van der Waals surface area contributed by atoms with Crippen LogP contribution in [-0.4, -0.2) is 35.0 Å². The normalized spacial score (nSPS) is 19.3. The van der Waals surface area contributed by atoms with Crippen molar-refractivity contribution in [1.82, 2.24) is 15.3 Å². The number of rotatable bonds is 4. The highest BCUT2D eigenvalue weighted by atomic mass is 16.2. The minimum absolute atomic E-state index is 0.169. The van der Waals surface area contributed by atoms with Gasteiger partial charge in [-0.05, 0) is 37.8 Å². The zero-order chi connectivity index (χ0) is 20.1. The summed E-state index contributed by atoms with van der Waals surface area (Å²) in [6, 6.07) is 10.1. The fourth-order valence-electron chi connectivity index (χ4n) is 4.49. The fraction of sp³-hybridized carbons (Fsp3) is 0.565. The second-order valence-electron chi connectivity index (χ2n) is 8.23. The van der Waals surface area contributed by atoms with Gasteiger partial charge in [0.05, 0.1) is 17.1 Å². The second kappa shape index (κ2) is 9.21. The SMILES string of the molecule is N#C[C@@H](C(=O)NC1CCCCC1)c1nc2ccccc2nc1N1CCCCCC1. The van der Waals surface area contributed by atoms with Gasteiger partial charge in [0.1, 0.15) is 5.69 Å². The first-order valence-corrected chi connectivity index (χ1v) is 11.0. The number of amides is 1. The Hall–Kier alpha value is -2.68. The van der Waals surface area contributed by atoms with Crippen LogP contribution in [-0.2, 0) is 4.79 Å². The van der Waals surface area contributed by atoms with Gasteiger partial charge in [0.2, 0.25) is 5.91 Å². The quantitative estimate of drug-likeness (QED) is 0.850. The van der Waals surface area contributed by atoms with E-state index in [9.17, 15) is 10.1 Å². The first-order chi connectivity index (χ1) is 14.3. The molecule has 2 aromatic rings. The Kier molecular flexibility index (Phi) is 6.24. The fourth-order valence-corrected chi connectivity index (χ4v) is 4.49. The van der Waals surface area contributed by atoms with Gasteiger partial charge in [-0.3, -0.25) is 4.79 Å². The molecule has 2 heterocycles. The van der Waals surface area contributed by atoms with Crippen LogP contribution in [0.2, 0.25) is 0 Å². The summed E-state index contributed by atoms with van der Waals surface area (Å²) in [4.78, 5) is 24.9. The molecule has 6 heteroatoms. The maximum absolute atomic E-state index is 13.1. The van der Waals surface area contributed by atoms with E-state index in [1.165, 1.54) is 19.3 Å². The summed E-state index contributed by atoms with van der Waals surface area (Å²) in [7, 11) is 0. The number of nitrogens with zero attached hydrogens (tertiary/aromatic N) is 4. The molecule has 0 spiro atoms. The summed E-state index contributed by atoms with van der Waals surface area (Å²) in [6.07, 6.45) is 10.1. The summed E-state index contributed by atoms with van der Waals surface area (Å²) < 4.78 is 0. The number of carbonyl (C=O) groups is 1. The number of hydrogen-bond donors (Lipinski definition) is 1. The maximum atomic E-state index is 13.1. The Morgan fingerprint density at radius 2 is 1.62 bits per heavy atom. The summed E-state index contributed by atoms with van der Waals surface area (Å²) in [5.41, 5.74) is 2.04. The number of nitrogens with one attached hydrogen (secondary N) is 1. The predicted molar refractivity (Wildman–Crippen MR) is 114 cm³/mol. The van der Waals surface area contributed by atoms with Crippen LogP contribution in [0, 0.1) is 11.3 Å². The summed E-state index contributed by atoms with van der Waals surface area (Å²) >= 11 is 0. The number of hydrogen-bond acceptors (Lipinski definition) is 5. The van der Waals surface area contributed by atoms with Crippen LogP contribution >= 0.6 is 0 Å². The van der Waals surface area contributed by atoms with Gasteiger partial charge in [0, 0.05) is 19.1 Å². The molecule has 0 bridgehead atoms. The molecule has 1 aromatic heterocycles. The van der Waals surface area contributed by atoms with Crippen LogP contribution in [0.25, 0.3) is 11.0 Å². The Morgan fingerprint density at radius 3 is 2.28 bits per heavy atom. The van der Waals surface area contributed by atoms with Crippen molar-refractivity contribution >= 4 is 22.8 Å². The molecule has 29 heavy (non-hydrogen) atoms. The monoisotopic (exact) mass is 391 g/mol. The van der Waals surface area contributed by atoms with Crippen molar-refractivity contribution in [3.05, 3.63) is 30.0 Å². The molecular formula is C23H29N5O. The van der Waals surface area contributed by atoms with Crippen LogP contribution in [0.4, 0.5) is 5.82 Å². The first-order valence-electron chi connectivity index (χ1n) is 11.0. The summed E-state index contributed by atoms with van der Waals surface area (Å²) in [5, 5.41) is 13.0. The second-order valence-corrected chi connectivity index (χ2v) is 8.23. The standard InChI is InChI=1S/C23H29N5O/c24-16-18(23(29)25-17-10-4-3-5-11-17)21-22(28-14-8-1-2-9-15-28)27-20-13-7-6-12-19(20)26-21/h6-7,12-13,17-18H,1-5,8-11,14-15H2,(H,25,29)/t18-/m1/s1. The number of aromatic nitrogens is 2. The molecule has 152 valence electrons. The van der Waals surface area contributed by atoms with E-state index in [1.54, 1.807) is 0 Å². The maximum Gasteiger partial charge on any atom is 0.243 e. The molecule has 0 radical (unpaired) electrons. The van der Waals surface area contributed by atoms with Crippen molar-refractivity contribution in [2.75, 3.05) is 18.0 Å². The van der Waals surface area contributed by atoms with Crippen LogP contribution in [0.1, 0.15) is 69.4 Å². The molecule has 0 unspecified atom stereocenters. The molecule has 1 atom stereocenters. The highest BCUT2D eigenvalue weighted by molar-refractivity contribution is 5.89. The molecule has 2 aliphatic rings. The molecule has 1 aromatic carbocycles. The van der Waals surface area contributed by atoms with E-state index in [2.05, 4.69) is 16.3 Å². The Morgan fingerprint density at radius 1 is 1.00 bits per heavy atom. The van der Waals surface area contributed by atoms with Crippen molar-refractivity contribution in [2.24, 2.45) is 0 Å². The molecular weight excluding hydrogens is 362 g/mol. The Labute approximate surface area is 172 Å². The van der Waals surface area contributed by atoms with Crippen molar-refractivity contribution in [3.8, 4) is 6.07 Å². The van der Waals surface area contributed by atoms with Crippen LogP contribution < -0.4 is 10.2 Å². The van der Waals surface area contributed by atoms with E-state index in [1.807, 2.05) is 24.3 Å². The number of fused-ring (bicyclic) bond motifs is 1. The summed E-state index contributed by atoms with van der Waals surface area (Å²) in [6.45, 7) is 1.78. The molecule has 2 fully saturated rings. The Balaban J connectivity index is 1.69. The molecule has 4 rings (SSSR count). The number of anilines is 1. The average molecular weight is 392 g/mol. The highest BCUT2D eigenvalue weighted by Gasteiger charge is 2.30. The van der Waals surface area contributed by atoms with Crippen LogP contribution in [0.15, 0.2) is 24.3 Å². The topological polar surface area (TPSA) is 81.9 Å². The molecule has 1 saturated heterocycles. The van der Waals surface area contributed by atoms with E-state index in [4.69, 9.17) is 9.97 Å². The Bertz CT molecular complexity index is 892.